The lowest BCUT2D eigenvalue weighted by molar-refractivity contribution is 0.173. The van der Waals surface area contributed by atoms with Crippen LogP contribution in [0.15, 0.2) is 28.8 Å². The Labute approximate surface area is 132 Å². The summed E-state index contributed by atoms with van der Waals surface area (Å²) in [5, 5.41) is 19.3. The molecule has 1 unspecified atom stereocenters. The van der Waals surface area contributed by atoms with Crippen molar-refractivity contribution in [3.8, 4) is 0 Å². The fourth-order valence-corrected chi connectivity index (χ4v) is 2.09. The zero-order chi connectivity index (χ0) is 15.9. The number of aryl methyl sites for hydroxylation is 1. The molecule has 0 aliphatic rings. The van der Waals surface area contributed by atoms with E-state index in [-0.39, 0.29) is 12.6 Å². The zero-order valence-electron chi connectivity index (χ0n) is 12.0. The average molecular weight is 325 g/mol. The molecule has 0 saturated heterocycles. The molecule has 0 bridgehead atoms. The lowest BCUT2D eigenvalue weighted by atomic mass is 10.1. The van der Waals surface area contributed by atoms with Gasteiger partial charge in [0.1, 0.15) is 0 Å². The van der Waals surface area contributed by atoms with Gasteiger partial charge in [-0.15, -0.1) is 0 Å². The van der Waals surface area contributed by atoms with Crippen molar-refractivity contribution in [3.63, 3.8) is 0 Å². The molecule has 7 nitrogen and oxygen atoms in total. The molecule has 2 amide bonds. The summed E-state index contributed by atoms with van der Waals surface area (Å²) in [6, 6.07) is 6.56. The Morgan fingerprint density at radius 2 is 2.18 bits per heavy atom. The van der Waals surface area contributed by atoms with Crippen LogP contribution in [0.5, 0.6) is 0 Å². The molecule has 0 spiro atoms. The number of aromatic nitrogens is 2. The minimum atomic E-state index is -0.863. The maximum Gasteiger partial charge on any atom is 0.314 e. The molecule has 0 radical (unpaired) electrons. The highest BCUT2D eigenvalue weighted by Gasteiger charge is 2.12. The molecule has 0 aliphatic carbocycles. The number of carbonyl (C=O) groups is 1. The Hall–Kier alpha value is -2.12. The Balaban J connectivity index is 1.70. The van der Waals surface area contributed by atoms with E-state index in [9.17, 15) is 9.90 Å². The number of urea groups is 1. The Morgan fingerprint density at radius 3 is 2.86 bits per heavy atom. The monoisotopic (exact) mass is 324 g/mol. The summed E-state index contributed by atoms with van der Waals surface area (Å²) < 4.78 is 4.93. The summed E-state index contributed by atoms with van der Waals surface area (Å²) in [7, 11) is 0. The number of halogens is 1. The number of nitrogens with one attached hydrogen (secondary N) is 2. The van der Waals surface area contributed by atoms with Gasteiger partial charge < -0.3 is 20.3 Å². The SMILES string of the molecule is Cc1noc(CCNC(=O)NCC(O)c2ccccc2Cl)n1. The van der Waals surface area contributed by atoms with Crippen molar-refractivity contribution in [1.29, 1.82) is 0 Å². The molecule has 3 N–H and O–H groups in total. The fourth-order valence-electron chi connectivity index (χ4n) is 1.83. The molecule has 118 valence electrons. The smallest absolute Gasteiger partial charge is 0.314 e. The second-order valence-electron chi connectivity index (χ2n) is 4.66. The van der Waals surface area contributed by atoms with Crippen molar-refractivity contribution < 1.29 is 14.4 Å². The highest BCUT2D eigenvalue weighted by atomic mass is 35.5. The molecule has 0 saturated carbocycles. The van der Waals surface area contributed by atoms with Gasteiger partial charge in [-0.1, -0.05) is 35.0 Å². The van der Waals surface area contributed by atoms with Gasteiger partial charge >= 0.3 is 6.03 Å². The maximum atomic E-state index is 11.6. The van der Waals surface area contributed by atoms with Gasteiger partial charge in [0, 0.05) is 30.1 Å². The van der Waals surface area contributed by atoms with E-state index in [0.29, 0.717) is 35.3 Å². The molecule has 1 aromatic carbocycles. The molecule has 0 fully saturated rings. The summed E-state index contributed by atoms with van der Waals surface area (Å²) >= 11 is 5.98. The van der Waals surface area contributed by atoms with E-state index in [4.69, 9.17) is 16.1 Å². The second-order valence-corrected chi connectivity index (χ2v) is 5.07. The van der Waals surface area contributed by atoms with Gasteiger partial charge in [0.2, 0.25) is 5.89 Å². The molecule has 1 atom stereocenters. The predicted octanol–water partition coefficient (Wildman–Crippen LogP) is 1.61. The van der Waals surface area contributed by atoms with Crippen molar-refractivity contribution in [2.75, 3.05) is 13.1 Å². The van der Waals surface area contributed by atoms with Crippen molar-refractivity contribution >= 4 is 17.6 Å². The first kappa shape index (κ1) is 16.3. The van der Waals surface area contributed by atoms with Gasteiger partial charge in [0.25, 0.3) is 0 Å². The van der Waals surface area contributed by atoms with Gasteiger partial charge in [-0.2, -0.15) is 4.98 Å². The number of amides is 2. The van der Waals surface area contributed by atoms with E-state index in [0.717, 1.165) is 0 Å². The topological polar surface area (TPSA) is 100 Å². The fraction of sp³-hybridized carbons (Fsp3) is 0.357. The Kier molecular flexibility index (Phi) is 5.74. The molecule has 8 heteroatoms. The van der Waals surface area contributed by atoms with Crippen LogP contribution in [0, 0.1) is 6.92 Å². The van der Waals surface area contributed by atoms with E-state index in [1.54, 1.807) is 31.2 Å². The maximum absolute atomic E-state index is 11.6. The predicted molar refractivity (Wildman–Crippen MR) is 80.6 cm³/mol. The quantitative estimate of drug-likeness (QED) is 0.749. The molecule has 1 aromatic heterocycles. The molecule has 22 heavy (non-hydrogen) atoms. The number of hydrogen-bond donors (Lipinski definition) is 3. The molecule has 2 rings (SSSR count). The minimum absolute atomic E-state index is 0.0647. The van der Waals surface area contributed by atoms with Crippen LogP contribution in [-0.2, 0) is 6.42 Å². The van der Waals surface area contributed by atoms with E-state index < -0.39 is 6.10 Å². The van der Waals surface area contributed by atoms with Crippen LogP contribution < -0.4 is 10.6 Å². The third-order valence-electron chi connectivity index (χ3n) is 2.91. The highest BCUT2D eigenvalue weighted by Crippen LogP contribution is 2.21. The number of nitrogens with zero attached hydrogens (tertiary/aromatic N) is 2. The average Bonchev–Trinajstić information content (AvgIpc) is 2.91. The summed E-state index contributed by atoms with van der Waals surface area (Å²) in [5.74, 6) is 1.02. The Morgan fingerprint density at radius 1 is 1.41 bits per heavy atom. The second kappa shape index (κ2) is 7.77. The first-order chi connectivity index (χ1) is 10.6. The number of hydrogen-bond acceptors (Lipinski definition) is 5. The van der Waals surface area contributed by atoms with Gasteiger partial charge in [0.05, 0.1) is 6.10 Å². The number of carbonyl (C=O) groups excluding carboxylic acids is 1. The standard InChI is InChI=1S/C14H17ClN4O3/c1-9-18-13(22-19-9)6-7-16-14(21)17-8-12(20)10-4-2-3-5-11(10)15/h2-5,12,20H,6-8H2,1H3,(H2,16,17,21). The third kappa shape index (κ3) is 4.71. The van der Waals surface area contributed by atoms with Crippen LogP contribution in [-0.4, -0.2) is 34.4 Å². The number of aliphatic hydroxyl groups is 1. The van der Waals surface area contributed by atoms with Crippen molar-refractivity contribution in [1.82, 2.24) is 20.8 Å². The summed E-state index contributed by atoms with van der Waals surface area (Å²) in [4.78, 5) is 15.7. The Bertz CT molecular complexity index is 632. The highest BCUT2D eigenvalue weighted by molar-refractivity contribution is 6.31. The minimum Gasteiger partial charge on any atom is -0.387 e. The largest absolute Gasteiger partial charge is 0.387 e. The number of aliphatic hydroxyl groups excluding tert-OH is 1. The van der Waals surface area contributed by atoms with Crippen LogP contribution in [0.25, 0.3) is 0 Å². The van der Waals surface area contributed by atoms with E-state index in [2.05, 4.69) is 20.8 Å². The molecule has 0 aliphatic heterocycles. The van der Waals surface area contributed by atoms with Gasteiger partial charge in [-0.3, -0.25) is 0 Å². The zero-order valence-corrected chi connectivity index (χ0v) is 12.8. The van der Waals surface area contributed by atoms with Crippen molar-refractivity contribution in [3.05, 3.63) is 46.6 Å². The van der Waals surface area contributed by atoms with Crippen LogP contribution in [0.1, 0.15) is 23.4 Å². The van der Waals surface area contributed by atoms with Gasteiger partial charge in [0.15, 0.2) is 5.82 Å². The van der Waals surface area contributed by atoms with Crippen LogP contribution in [0.2, 0.25) is 5.02 Å². The van der Waals surface area contributed by atoms with Crippen LogP contribution in [0.4, 0.5) is 4.79 Å². The summed E-state index contributed by atoms with van der Waals surface area (Å²) in [5.41, 5.74) is 0.575. The molecule has 1 heterocycles. The molecule has 2 aromatic rings. The van der Waals surface area contributed by atoms with E-state index in [1.807, 2.05) is 0 Å². The summed E-state index contributed by atoms with van der Waals surface area (Å²) in [6.45, 7) is 2.15. The first-order valence-electron chi connectivity index (χ1n) is 6.79. The summed E-state index contributed by atoms with van der Waals surface area (Å²) in [6.07, 6.45) is -0.417. The van der Waals surface area contributed by atoms with Crippen LogP contribution in [0.3, 0.4) is 0 Å². The van der Waals surface area contributed by atoms with Crippen LogP contribution >= 0.6 is 11.6 Å². The van der Waals surface area contributed by atoms with E-state index >= 15 is 0 Å². The van der Waals surface area contributed by atoms with Crippen molar-refractivity contribution in [2.45, 2.75) is 19.4 Å². The van der Waals surface area contributed by atoms with E-state index in [1.165, 1.54) is 0 Å². The number of rotatable bonds is 6. The lowest BCUT2D eigenvalue weighted by Gasteiger charge is -2.14. The molecular weight excluding hydrogens is 308 g/mol. The first-order valence-corrected chi connectivity index (χ1v) is 7.17. The normalized spacial score (nSPS) is 12.0. The van der Waals surface area contributed by atoms with Crippen molar-refractivity contribution in [2.24, 2.45) is 0 Å². The van der Waals surface area contributed by atoms with Gasteiger partial charge in [-0.05, 0) is 13.0 Å². The van der Waals surface area contributed by atoms with Gasteiger partial charge in [-0.25, -0.2) is 4.79 Å². The molecular formula is C14H17ClN4O3. The third-order valence-corrected chi connectivity index (χ3v) is 3.26. The number of benzene rings is 1. The lowest BCUT2D eigenvalue weighted by Crippen LogP contribution is -2.38.